The van der Waals surface area contributed by atoms with Gasteiger partial charge in [0, 0.05) is 18.2 Å². The number of amidine groups is 1. The molecule has 2 heterocycles. The molecule has 1 amide bonds. The topological polar surface area (TPSA) is 66.8 Å². The molecule has 2 atom stereocenters. The van der Waals surface area contributed by atoms with Crippen LogP contribution < -0.4 is 4.90 Å². The van der Waals surface area contributed by atoms with E-state index in [2.05, 4.69) is 4.99 Å². The fourth-order valence-electron chi connectivity index (χ4n) is 2.66. The molecular formula is C13H12F2N2O3S2. The number of nitrogens with zero attached hydrogens (tertiary/aromatic N) is 2. The lowest BCUT2D eigenvalue weighted by molar-refractivity contribution is -0.115. The van der Waals surface area contributed by atoms with Gasteiger partial charge < -0.3 is 4.90 Å². The van der Waals surface area contributed by atoms with Crippen molar-refractivity contribution in [2.24, 2.45) is 4.99 Å². The molecule has 0 saturated carbocycles. The summed E-state index contributed by atoms with van der Waals surface area (Å²) in [6.45, 7) is 1.26. The first-order valence-corrected chi connectivity index (χ1v) is 9.17. The van der Waals surface area contributed by atoms with Crippen LogP contribution in [0.1, 0.15) is 6.92 Å². The quantitative estimate of drug-likeness (QED) is 0.772. The van der Waals surface area contributed by atoms with Crippen LogP contribution in [-0.2, 0) is 14.6 Å². The van der Waals surface area contributed by atoms with E-state index in [1.165, 1.54) is 17.9 Å². The summed E-state index contributed by atoms with van der Waals surface area (Å²) in [6.07, 6.45) is 0. The van der Waals surface area contributed by atoms with E-state index in [0.29, 0.717) is 0 Å². The molecule has 2 aliphatic rings. The van der Waals surface area contributed by atoms with E-state index < -0.39 is 33.4 Å². The molecule has 9 heteroatoms. The van der Waals surface area contributed by atoms with Crippen LogP contribution in [0.3, 0.4) is 0 Å². The number of fused-ring (bicyclic) bond motifs is 1. The zero-order valence-electron chi connectivity index (χ0n) is 11.5. The third kappa shape index (κ3) is 2.74. The summed E-state index contributed by atoms with van der Waals surface area (Å²) in [5, 5.41) is -0.0598. The van der Waals surface area contributed by atoms with Gasteiger partial charge >= 0.3 is 0 Å². The summed E-state index contributed by atoms with van der Waals surface area (Å²) in [7, 11) is -3.22. The van der Waals surface area contributed by atoms with Crippen LogP contribution in [0.4, 0.5) is 14.5 Å². The van der Waals surface area contributed by atoms with E-state index in [9.17, 15) is 22.0 Å². The van der Waals surface area contributed by atoms with Gasteiger partial charge in [-0.3, -0.25) is 4.79 Å². The summed E-state index contributed by atoms with van der Waals surface area (Å²) < 4.78 is 50.7. The Bertz CT molecular complexity index is 779. The molecule has 0 aliphatic carbocycles. The maximum absolute atomic E-state index is 14.1. The Morgan fingerprint density at radius 2 is 2.09 bits per heavy atom. The molecule has 0 radical (unpaired) electrons. The van der Waals surface area contributed by atoms with Crippen LogP contribution in [0.15, 0.2) is 23.2 Å². The van der Waals surface area contributed by atoms with Crippen molar-refractivity contribution in [3.05, 3.63) is 29.8 Å². The van der Waals surface area contributed by atoms with Crippen LogP contribution in [0, 0.1) is 11.6 Å². The first-order chi connectivity index (χ1) is 10.3. The number of hydrogen-bond donors (Lipinski definition) is 0. The number of rotatable bonds is 1. The van der Waals surface area contributed by atoms with Crippen LogP contribution in [0.5, 0.6) is 0 Å². The van der Waals surface area contributed by atoms with E-state index >= 15 is 0 Å². The number of halogens is 2. The second-order valence-electron chi connectivity index (χ2n) is 5.18. The molecule has 0 unspecified atom stereocenters. The summed E-state index contributed by atoms with van der Waals surface area (Å²) in [5.41, 5.74) is 0.0264. The van der Waals surface area contributed by atoms with Crippen molar-refractivity contribution < 1.29 is 22.0 Å². The number of anilines is 1. The van der Waals surface area contributed by atoms with Crippen LogP contribution in [0.2, 0.25) is 0 Å². The molecule has 0 spiro atoms. The van der Waals surface area contributed by atoms with Gasteiger partial charge in [0.25, 0.3) is 0 Å². The van der Waals surface area contributed by atoms with Gasteiger partial charge in [0.2, 0.25) is 5.91 Å². The molecule has 5 nitrogen and oxygen atoms in total. The average Bonchev–Trinajstić information content (AvgIpc) is 2.81. The largest absolute Gasteiger partial charge is 0.313 e. The predicted molar refractivity (Wildman–Crippen MR) is 80.8 cm³/mol. The molecule has 1 aromatic rings. The second-order valence-corrected chi connectivity index (χ2v) is 8.54. The molecule has 3 rings (SSSR count). The van der Waals surface area contributed by atoms with Crippen molar-refractivity contribution in [3.8, 4) is 0 Å². The summed E-state index contributed by atoms with van der Waals surface area (Å²) in [4.78, 5) is 16.5. The summed E-state index contributed by atoms with van der Waals surface area (Å²) in [5.74, 6) is -2.19. The van der Waals surface area contributed by atoms with E-state index in [4.69, 9.17) is 0 Å². The molecule has 22 heavy (non-hydrogen) atoms. The van der Waals surface area contributed by atoms with E-state index in [-0.39, 0.29) is 27.6 Å². The average molecular weight is 346 g/mol. The number of hydrogen-bond acceptors (Lipinski definition) is 4. The highest BCUT2D eigenvalue weighted by molar-refractivity contribution is 8.16. The van der Waals surface area contributed by atoms with Crippen molar-refractivity contribution in [2.75, 3.05) is 16.4 Å². The van der Waals surface area contributed by atoms with Crippen molar-refractivity contribution >= 4 is 38.4 Å². The third-order valence-electron chi connectivity index (χ3n) is 3.49. The van der Waals surface area contributed by atoms with Crippen molar-refractivity contribution in [1.29, 1.82) is 0 Å². The van der Waals surface area contributed by atoms with Crippen LogP contribution in [0.25, 0.3) is 0 Å². The minimum atomic E-state index is -3.22. The van der Waals surface area contributed by atoms with Gasteiger partial charge in [-0.2, -0.15) is 4.99 Å². The standard InChI is InChI=1S/C13H12F2N2O3S2/c1-7(18)16-13-17(10-3-2-8(14)4-9(10)15)11-5-22(19,20)6-12(11)21-13/h2-4,11-12H,5-6H2,1H3/t11-,12+/m1/s1. The molecule has 1 aromatic carbocycles. The Labute approximate surface area is 130 Å². The first kappa shape index (κ1) is 15.4. The van der Waals surface area contributed by atoms with Gasteiger partial charge in [-0.1, -0.05) is 11.8 Å². The molecule has 2 fully saturated rings. The fourth-order valence-corrected chi connectivity index (χ4v) is 6.61. The van der Waals surface area contributed by atoms with Gasteiger partial charge in [-0.05, 0) is 12.1 Å². The van der Waals surface area contributed by atoms with Gasteiger partial charge in [0.1, 0.15) is 11.6 Å². The Balaban J connectivity index is 2.08. The highest BCUT2D eigenvalue weighted by Gasteiger charge is 2.49. The molecule has 2 saturated heterocycles. The SMILES string of the molecule is CC(=O)N=C1S[C@H]2CS(=O)(=O)C[C@H]2N1c1ccc(F)cc1F. The van der Waals surface area contributed by atoms with Gasteiger partial charge in [-0.15, -0.1) is 0 Å². The normalized spacial score (nSPS) is 28.1. The summed E-state index contributed by atoms with van der Waals surface area (Å²) >= 11 is 1.14. The Hall–Kier alpha value is -1.48. The fraction of sp³-hybridized carbons (Fsp3) is 0.385. The maximum Gasteiger partial charge on any atom is 0.244 e. The zero-order valence-corrected chi connectivity index (χ0v) is 13.1. The molecular weight excluding hydrogens is 334 g/mol. The van der Waals surface area contributed by atoms with Gasteiger partial charge in [-0.25, -0.2) is 17.2 Å². The number of amides is 1. The minimum absolute atomic E-state index is 0.0264. The molecule has 0 N–H and O–H groups in total. The number of thioether (sulfide) groups is 1. The van der Waals surface area contributed by atoms with Gasteiger partial charge in [0.15, 0.2) is 15.0 Å². The van der Waals surface area contributed by atoms with Crippen molar-refractivity contribution in [1.82, 2.24) is 0 Å². The maximum atomic E-state index is 14.1. The molecule has 0 bridgehead atoms. The zero-order chi connectivity index (χ0) is 16.1. The number of sulfone groups is 1. The Morgan fingerprint density at radius 3 is 2.73 bits per heavy atom. The summed E-state index contributed by atoms with van der Waals surface area (Å²) in [6, 6.07) is 2.54. The van der Waals surface area contributed by atoms with E-state index in [1.807, 2.05) is 0 Å². The second kappa shape index (κ2) is 5.31. The Morgan fingerprint density at radius 1 is 1.36 bits per heavy atom. The highest BCUT2D eigenvalue weighted by Crippen LogP contribution is 2.41. The van der Waals surface area contributed by atoms with E-state index in [1.54, 1.807) is 0 Å². The third-order valence-corrected chi connectivity index (χ3v) is 6.70. The monoisotopic (exact) mass is 346 g/mol. The number of carbonyl (C=O) groups is 1. The van der Waals surface area contributed by atoms with Gasteiger partial charge in [0.05, 0.1) is 23.2 Å². The van der Waals surface area contributed by atoms with E-state index in [0.717, 1.165) is 23.9 Å². The first-order valence-electron chi connectivity index (χ1n) is 6.47. The lowest BCUT2D eigenvalue weighted by atomic mass is 10.2. The molecule has 0 aromatic heterocycles. The predicted octanol–water partition coefficient (Wildman–Crippen LogP) is 1.59. The van der Waals surface area contributed by atoms with Crippen LogP contribution >= 0.6 is 11.8 Å². The number of aliphatic imine (C=N–C) groups is 1. The molecule has 2 aliphatic heterocycles. The number of benzene rings is 1. The molecule has 118 valence electrons. The smallest absolute Gasteiger partial charge is 0.244 e. The van der Waals surface area contributed by atoms with Crippen LogP contribution in [-0.4, -0.2) is 42.3 Å². The highest BCUT2D eigenvalue weighted by atomic mass is 32.2. The van der Waals surface area contributed by atoms with Crippen molar-refractivity contribution in [2.45, 2.75) is 18.2 Å². The lowest BCUT2D eigenvalue weighted by Crippen LogP contribution is -2.38. The lowest BCUT2D eigenvalue weighted by Gasteiger charge is -2.24. The van der Waals surface area contributed by atoms with Crippen molar-refractivity contribution in [3.63, 3.8) is 0 Å². The Kier molecular flexibility index (Phi) is 3.72. The minimum Gasteiger partial charge on any atom is -0.313 e. The number of carbonyl (C=O) groups excluding carboxylic acids is 1.